The number of benzene rings is 2. The van der Waals surface area contributed by atoms with Crippen LogP contribution in [0.1, 0.15) is 49.1 Å². The molecule has 166 valence electrons. The van der Waals surface area contributed by atoms with Gasteiger partial charge in [-0.2, -0.15) is 5.10 Å². The summed E-state index contributed by atoms with van der Waals surface area (Å²) in [6.07, 6.45) is 7.90. The molecular formula is C27H31N3O2. The zero-order valence-corrected chi connectivity index (χ0v) is 18.8. The molecule has 32 heavy (non-hydrogen) atoms. The number of hydrogen-bond donors (Lipinski definition) is 0. The molecule has 2 aliphatic carbocycles. The second-order valence-electron chi connectivity index (χ2n) is 8.99. The van der Waals surface area contributed by atoms with Crippen LogP contribution < -0.4 is 4.74 Å². The molecule has 0 atom stereocenters. The maximum atomic E-state index is 13.3. The smallest absolute Gasteiger partial charge is 0.261 e. The van der Waals surface area contributed by atoms with E-state index in [1.54, 1.807) is 0 Å². The molecule has 0 saturated heterocycles. The summed E-state index contributed by atoms with van der Waals surface area (Å²) in [5.41, 5.74) is 6.09. The fourth-order valence-electron chi connectivity index (χ4n) is 5.22. The Morgan fingerprint density at radius 2 is 1.72 bits per heavy atom. The van der Waals surface area contributed by atoms with E-state index < -0.39 is 0 Å². The van der Waals surface area contributed by atoms with Crippen molar-refractivity contribution in [3.05, 3.63) is 71.5 Å². The lowest BCUT2D eigenvalue weighted by Crippen LogP contribution is -2.41. The number of carbonyl (C=O) groups excluding carboxylic acids is 1. The van der Waals surface area contributed by atoms with Crippen molar-refractivity contribution in [1.29, 1.82) is 0 Å². The Bertz CT molecular complexity index is 1070. The molecule has 0 N–H and O–H groups in total. The van der Waals surface area contributed by atoms with Crippen LogP contribution in [0.25, 0.3) is 11.1 Å². The number of nitrogens with zero attached hydrogens (tertiary/aromatic N) is 3. The molecule has 0 radical (unpaired) electrons. The van der Waals surface area contributed by atoms with E-state index >= 15 is 0 Å². The van der Waals surface area contributed by atoms with Gasteiger partial charge in [0.15, 0.2) is 6.61 Å². The Labute approximate surface area is 190 Å². The largest absolute Gasteiger partial charge is 0.484 e. The molecule has 2 aliphatic rings. The van der Waals surface area contributed by atoms with Crippen LogP contribution in [0.5, 0.6) is 5.75 Å². The van der Waals surface area contributed by atoms with Gasteiger partial charge in [-0.1, -0.05) is 55.3 Å². The normalized spacial score (nSPS) is 15.7. The van der Waals surface area contributed by atoms with Crippen LogP contribution in [-0.2, 0) is 31.2 Å². The highest BCUT2D eigenvalue weighted by Gasteiger charge is 2.30. The summed E-state index contributed by atoms with van der Waals surface area (Å²) < 4.78 is 7.93. The average molecular weight is 430 g/mol. The van der Waals surface area contributed by atoms with Gasteiger partial charge in [0.2, 0.25) is 0 Å². The standard InChI is InChI=1S/C27H31N3O2/c1-29-26-13-7-12-24(26)25(28-29)18-30(22-10-5-6-11-22)27(31)19-32-23-16-14-21(15-17-23)20-8-3-2-4-9-20/h2-4,8-9,14-17,22H,5-7,10-13,18-19H2,1H3. The molecule has 5 rings (SSSR count). The van der Waals surface area contributed by atoms with Crippen molar-refractivity contribution in [1.82, 2.24) is 14.7 Å². The van der Waals surface area contributed by atoms with E-state index in [0.717, 1.165) is 42.7 Å². The predicted molar refractivity (Wildman–Crippen MR) is 125 cm³/mol. The number of carbonyl (C=O) groups is 1. The van der Waals surface area contributed by atoms with Crippen molar-refractivity contribution in [3.8, 4) is 16.9 Å². The Balaban J connectivity index is 1.27. The summed E-state index contributed by atoms with van der Waals surface area (Å²) in [6.45, 7) is 0.666. The summed E-state index contributed by atoms with van der Waals surface area (Å²) >= 11 is 0. The molecule has 0 unspecified atom stereocenters. The third-order valence-electron chi connectivity index (χ3n) is 6.93. The van der Waals surface area contributed by atoms with Gasteiger partial charge in [-0.05, 0) is 60.9 Å². The quantitative estimate of drug-likeness (QED) is 0.535. The van der Waals surface area contributed by atoms with Gasteiger partial charge in [0.05, 0.1) is 12.2 Å². The van der Waals surface area contributed by atoms with Crippen LogP contribution in [0, 0.1) is 0 Å². The van der Waals surface area contributed by atoms with Crippen LogP contribution in [0.15, 0.2) is 54.6 Å². The zero-order valence-electron chi connectivity index (χ0n) is 18.8. The first-order valence-corrected chi connectivity index (χ1v) is 11.8. The summed E-state index contributed by atoms with van der Waals surface area (Å²) in [5, 5.41) is 4.76. The minimum Gasteiger partial charge on any atom is -0.484 e. The first-order valence-electron chi connectivity index (χ1n) is 11.8. The van der Waals surface area contributed by atoms with Gasteiger partial charge >= 0.3 is 0 Å². The number of aromatic nitrogens is 2. The Morgan fingerprint density at radius 3 is 2.47 bits per heavy atom. The zero-order chi connectivity index (χ0) is 21.9. The van der Waals surface area contributed by atoms with Crippen LogP contribution in [0.4, 0.5) is 0 Å². The number of aryl methyl sites for hydroxylation is 1. The van der Waals surface area contributed by atoms with Crippen LogP contribution in [0.2, 0.25) is 0 Å². The topological polar surface area (TPSA) is 47.4 Å². The highest BCUT2D eigenvalue weighted by atomic mass is 16.5. The van der Waals surface area contributed by atoms with Crippen molar-refractivity contribution < 1.29 is 9.53 Å². The number of rotatable bonds is 7. The van der Waals surface area contributed by atoms with Gasteiger partial charge in [0.25, 0.3) is 5.91 Å². The van der Waals surface area contributed by atoms with E-state index in [0.29, 0.717) is 12.6 Å². The molecule has 5 nitrogen and oxygen atoms in total. The average Bonchev–Trinajstić information content (AvgIpc) is 3.58. The van der Waals surface area contributed by atoms with E-state index in [9.17, 15) is 4.79 Å². The van der Waals surface area contributed by atoms with Crippen LogP contribution in [0.3, 0.4) is 0 Å². The highest BCUT2D eigenvalue weighted by molar-refractivity contribution is 5.78. The van der Waals surface area contributed by atoms with Gasteiger partial charge in [-0.3, -0.25) is 9.48 Å². The molecule has 2 aromatic carbocycles. The van der Waals surface area contributed by atoms with E-state index in [-0.39, 0.29) is 12.5 Å². The lowest BCUT2D eigenvalue weighted by atomic mass is 10.1. The number of amides is 1. The number of ether oxygens (including phenoxy) is 1. The van der Waals surface area contributed by atoms with E-state index in [4.69, 9.17) is 9.84 Å². The van der Waals surface area contributed by atoms with Gasteiger partial charge in [0, 0.05) is 18.8 Å². The van der Waals surface area contributed by atoms with Crippen molar-refractivity contribution in [3.63, 3.8) is 0 Å². The number of hydrogen-bond acceptors (Lipinski definition) is 3. The molecule has 1 saturated carbocycles. The fourth-order valence-corrected chi connectivity index (χ4v) is 5.22. The Kier molecular flexibility index (Phi) is 5.97. The van der Waals surface area contributed by atoms with Crippen molar-refractivity contribution in [2.45, 2.75) is 57.5 Å². The first-order chi connectivity index (χ1) is 15.7. The van der Waals surface area contributed by atoms with E-state index in [1.807, 2.05) is 59.1 Å². The minimum atomic E-state index is 0.0569. The predicted octanol–water partition coefficient (Wildman–Crippen LogP) is 4.93. The molecule has 0 bridgehead atoms. The summed E-state index contributed by atoms with van der Waals surface area (Å²) in [5.74, 6) is 0.782. The highest BCUT2D eigenvalue weighted by Crippen LogP contribution is 2.29. The van der Waals surface area contributed by atoms with Gasteiger partial charge in [-0.25, -0.2) is 0 Å². The maximum absolute atomic E-state index is 13.3. The van der Waals surface area contributed by atoms with Gasteiger partial charge < -0.3 is 9.64 Å². The molecule has 0 spiro atoms. The molecule has 1 amide bonds. The molecule has 5 heteroatoms. The molecule has 1 heterocycles. The fraction of sp³-hybridized carbons (Fsp3) is 0.407. The second-order valence-corrected chi connectivity index (χ2v) is 8.99. The van der Waals surface area contributed by atoms with Crippen LogP contribution >= 0.6 is 0 Å². The number of fused-ring (bicyclic) bond motifs is 1. The van der Waals surface area contributed by atoms with Crippen molar-refractivity contribution in [2.24, 2.45) is 7.05 Å². The van der Waals surface area contributed by atoms with E-state index in [1.165, 1.54) is 36.1 Å². The second kappa shape index (κ2) is 9.19. The Hall–Kier alpha value is -3.08. The third-order valence-corrected chi connectivity index (χ3v) is 6.93. The monoisotopic (exact) mass is 429 g/mol. The lowest BCUT2D eigenvalue weighted by Gasteiger charge is -2.28. The van der Waals surface area contributed by atoms with E-state index in [2.05, 4.69) is 12.1 Å². The molecule has 3 aromatic rings. The summed E-state index contributed by atoms with van der Waals surface area (Å²) in [6, 6.07) is 18.5. The van der Waals surface area contributed by atoms with Gasteiger partial charge in [-0.15, -0.1) is 0 Å². The Morgan fingerprint density at radius 1 is 1.00 bits per heavy atom. The van der Waals surface area contributed by atoms with Gasteiger partial charge in [0.1, 0.15) is 5.75 Å². The summed E-state index contributed by atoms with van der Waals surface area (Å²) in [4.78, 5) is 15.3. The maximum Gasteiger partial charge on any atom is 0.261 e. The third kappa shape index (κ3) is 4.29. The molecule has 1 aromatic heterocycles. The first kappa shape index (κ1) is 20.8. The van der Waals surface area contributed by atoms with Crippen molar-refractivity contribution >= 4 is 5.91 Å². The van der Waals surface area contributed by atoms with Crippen molar-refractivity contribution in [2.75, 3.05) is 6.61 Å². The molecular weight excluding hydrogens is 398 g/mol. The summed E-state index contributed by atoms with van der Waals surface area (Å²) in [7, 11) is 2.03. The minimum absolute atomic E-state index is 0.0569. The molecule has 1 fully saturated rings. The molecule has 0 aliphatic heterocycles. The van der Waals surface area contributed by atoms with Crippen LogP contribution in [-0.4, -0.2) is 33.2 Å². The SMILES string of the molecule is Cn1nc(CN(C(=O)COc2ccc(-c3ccccc3)cc2)C2CCCC2)c2c1CCC2. The lowest BCUT2D eigenvalue weighted by molar-refractivity contribution is -0.136.